The molecule has 156 valence electrons. The Morgan fingerprint density at radius 2 is 1.80 bits per heavy atom. The van der Waals surface area contributed by atoms with Crippen LogP contribution in [0.1, 0.15) is 53.6 Å². The molecule has 0 radical (unpaired) electrons. The van der Waals surface area contributed by atoms with Crippen molar-refractivity contribution in [2.24, 2.45) is 0 Å². The molecule has 1 heterocycles. The van der Waals surface area contributed by atoms with Gasteiger partial charge in [0.15, 0.2) is 0 Å². The Hall–Kier alpha value is -2.60. The molecule has 2 aromatic carbocycles. The van der Waals surface area contributed by atoms with Gasteiger partial charge in [-0.05, 0) is 75.3 Å². The molecular weight excluding hydrogens is 394 g/mol. The van der Waals surface area contributed by atoms with Gasteiger partial charge in [0.2, 0.25) is 11.8 Å². The van der Waals surface area contributed by atoms with Gasteiger partial charge in [-0.25, -0.2) is 0 Å². The highest BCUT2D eigenvalue weighted by Crippen LogP contribution is 2.26. The summed E-state index contributed by atoms with van der Waals surface area (Å²) < 4.78 is 5.74. The van der Waals surface area contributed by atoms with Crippen LogP contribution in [0.2, 0.25) is 0 Å². The van der Waals surface area contributed by atoms with E-state index in [4.69, 9.17) is 4.42 Å². The minimum Gasteiger partial charge on any atom is -0.411 e. The van der Waals surface area contributed by atoms with Gasteiger partial charge in [-0.15, -0.1) is 10.2 Å². The van der Waals surface area contributed by atoms with E-state index in [0.29, 0.717) is 11.1 Å². The molecule has 0 unspecified atom stereocenters. The molecule has 1 aliphatic carbocycles. The van der Waals surface area contributed by atoms with E-state index in [1.165, 1.54) is 42.2 Å². The van der Waals surface area contributed by atoms with Crippen molar-refractivity contribution < 1.29 is 9.21 Å². The molecule has 0 spiro atoms. The van der Waals surface area contributed by atoms with Crippen LogP contribution in [0.15, 0.2) is 46.0 Å². The van der Waals surface area contributed by atoms with E-state index in [9.17, 15) is 4.79 Å². The molecule has 3 aromatic rings. The van der Waals surface area contributed by atoms with Crippen molar-refractivity contribution in [2.45, 2.75) is 57.7 Å². The van der Waals surface area contributed by atoms with Gasteiger partial charge in [0.25, 0.3) is 5.22 Å². The molecule has 0 bridgehead atoms. The first kappa shape index (κ1) is 20.7. The maximum atomic E-state index is 12.4. The SMILES string of the molecule is Cc1cc(C)cc(-c2nnc(SCC(=O)N[C@H](C)c3ccc4c(c3)CCCC4)o2)c1. The monoisotopic (exact) mass is 421 g/mol. The number of nitrogens with one attached hydrogen (secondary N) is 1. The van der Waals surface area contributed by atoms with Crippen molar-refractivity contribution in [3.05, 3.63) is 64.2 Å². The normalized spacial score (nSPS) is 14.2. The van der Waals surface area contributed by atoms with Crippen LogP contribution in [0.4, 0.5) is 0 Å². The minimum atomic E-state index is -0.0450. The van der Waals surface area contributed by atoms with E-state index < -0.39 is 0 Å². The van der Waals surface area contributed by atoms with Gasteiger partial charge in [-0.3, -0.25) is 4.79 Å². The summed E-state index contributed by atoms with van der Waals surface area (Å²) in [6.45, 7) is 6.10. The summed E-state index contributed by atoms with van der Waals surface area (Å²) in [6.07, 6.45) is 4.83. The zero-order valence-electron chi connectivity index (χ0n) is 17.7. The Morgan fingerprint density at radius 1 is 1.07 bits per heavy atom. The summed E-state index contributed by atoms with van der Waals surface area (Å²) in [5.41, 5.74) is 7.23. The molecule has 0 fully saturated rings. The number of hydrogen-bond donors (Lipinski definition) is 1. The fourth-order valence-electron chi connectivity index (χ4n) is 4.00. The number of benzene rings is 2. The van der Waals surface area contributed by atoms with Crippen molar-refractivity contribution in [1.82, 2.24) is 15.5 Å². The molecule has 0 saturated carbocycles. The van der Waals surface area contributed by atoms with E-state index in [1.54, 1.807) is 0 Å². The van der Waals surface area contributed by atoms with E-state index in [2.05, 4.69) is 39.8 Å². The minimum absolute atomic E-state index is 0.0289. The lowest BCUT2D eigenvalue weighted by atomic mass is 9.89. The third kappa shape index (κ3) is 4.93. The maximum Gasteiger partial charge on any atom is 0.277 e. The Bertz CT molecular complexity index is 1040. The molecule has 1 aromatic heterocycles. The summed E-state index contributed by atoms with van der Waals surface area (Å²) in [7, 11) is 0. The second kappa shape index (κ2) is 9.04. The van der Waals surface area contributed by atoms with Gasteiger partial charge in [0.05, 0.1) is 11.8 Å². The number of carbonyl (C=O) groups is 1. The number of aromatic nitrogens is 2. The standard InChI is InChI=1S/C24H27N3O2S/c1-15-10-16(2)12-21(11-15)23-26-27-24(29-23)30-14-22(28)25-17(3)19-9-8-18-6-4-5-7-20(18)13-19/h8-13,17H,4-7,14H2,1-3H3,(H,25,28)/t17-/m1/s1. The van der Waals surface area contributed by atoms with Crippen LogP contribution >= 0.6 is 11.8 Å². The molecule has 1 aliphatic rings. The fourth-order valence-corrected chi connectivity index (χ4v) is 4.57. The smallest absolute Gasteiger partial charge is 0.277 e. The molecule has 1 N–H and O–H groups in total. The summed E-state index contributed by atoms with van der Waals surface area (Å²) >= 11 is 1.26. The molecule has 6 heteroatoms. The largest absolute Gasteiger partial charge is 0.411 e. The third-order valence-corrected chi connectivity index (χ3v) is 6.27. The molecule has 1 atom stereocenters. The van der Waals surface area contributed by atoms with Gasteiger partial charge in [0.1, 0.15) is 0 Å². The zero-order chi connectivity index (χ0) is 21.1. The van der Waals surface area contributed by atoms with Crippen LogP contribution in [0.5, 0.6) is 0 Å². The summed E-state index contributed by atoms with van der Waals surface area (Å²) in [6, 6.07) is 12.7. The van der Waals surface area contributed by atoms with Gasteiger partial charge in [-0.2, -0.15) is 0 Å². The van der Waals surface area contributed by atoms with E-state index >= 15 is 0 Å². The highest BCUT2D eigenvalue weighted by atomic mass is 32.2. The number of hydrogen-bond acceptors (Lipinski definition) is 5. The van der Waals surface area contributed by atoms with Gasteiger partial charge < -0.3 is 9.73 Å². The Balaban J connectivity index is 1.33. The number of thioether (sulfide) groups is 1. The molecular formula is C24H27N3O2S. The van der Waals surface area contributed by atoms with Crippen molar-refractivity contribution >= 4 is 17.7 Å². The van der Waals surface area contributed by atoms with E-state index in [-0.39, 0.29) is 17.7 Å². The first-order valence-corrected chi connectivity index (χ1v) is 11.4. The Labute approximate surface area is 181 Å². The number of amides is 1. The van der Waals surface area contributed by atoms with Gasteiger partial charge >= 0.3 is 0 Å². The fraction of sp³-hybridized carbons (Fsp3) is 0.375. The first-order valence-electron chi connectivity index (χ1n) is 10.4. The van der Waals surface area contributed by atoms with Crippen molar-refractivity contribution in [2.75, 3.05) is 5.75 Å². The lowest BCUT2D eigenvalue weighted by Crippen LogP contribution is -2.28. The van der Waals surface area contributed by atoms with Crippen LogP contribution in [0.25, 0.3) is 11.5 Å². The van der Waals surface area contributed by atoms with E-state index in [0.717, 1.165) is 28.7 Å². The van der Waals surface area contributed by atoms with E-state index in [1.807, 2.05) is 32.9 Å². The van der Waals surface area contributed by atoms with Crippen LogP contribution < -0.4 is 5.32 Å². The van der Waals surface area contributed by atoms with Crippen LogP contribution in [-0.4, -0.2) is 21.9 Å². The lowest BCUT2D eigenvalue weighted by molar-refractivity contribution is -0.119. The first-order chi connectivity index (χ1) is 14.5. The Kier molecular flexibility index (Phi) is 6.23. The number of nitrogens with zero attached hydrogens (tertiary/aromatic N) is 2. The van der Waals surface area contributed by atoms with Gasteiger partial charge in [-0.1, -0.05) is 47.2 Å². The average molecular weight is 422 g/mol. The van der Waals surface area contributed by atoms with Crippen LogP contribution in [0, 0.1) is 13.8 Å². The predicted octanol–water partition coefficient (Wildman–Crippen LogP) is 5.20. The predicted molar refractivity (Wildman–Crippen MR) is 120 cm³/mol. The zero-order valence-corrected chi connectivity index (χ0v) is 18.5. The second-order valence-electron chi connectivity index (χ2n) is 8.06. The lowest BCUT2D eigenvalue weighted by Gasteiger charge is -2.20. The van der Waals surface area contributed by atoms with Crippen molar-refractivity contribution in [1.29, 1.82) is 0 Å². The molecule has 0 saturated heterocycles. The topological polar surface area (TPSA) is 68.0 Å². The molecule has 4 rings (SSSR count). The van der Waals surface area contributed by atoms with Crippen molar-refractivity contribution in [3.8, 4) is 11.5 Å². The summed E-state index contributed by atoms with van der Waals surface area (Å²) in [5.74, 6) is 0.674. The number of aryl methyl sites for hydroxylation is 4. The number of carbonyl (C=O) groups excluding carboxylic acids is 1. The van der Waals surface area contributed by atoms with Crippen molar-refractivity contribution in [3.63, 3.8) is 0 Å². The molecule has 0 aliphatic heterocycles. The van der Waals surface area contributed by atoms with Crippen LogP contribution in [-0.2, 0) is 17.6 Å². The summed E-state index contributed by atoms with van der Waals surface area (Å²) in [4.78, 5) is 12.4. The quantitative estimate of drug-likeness (QED) is 0.554. The van der Waals surface area contributed by atoms with Gasteiger partial charge in [0, 0.05) is 5.56 Å². The van der Waals surface area contributed by atoms with Crippen LogP contribution in [0.3, 0.4) is 0 Å². The Morgan fingerprint density at radius 3 is 2.57 bits per heavy atom. The second-order valence-corrected chi connectivity index (χ2v) is 8.99. The highest BCUT2D eigenvalue weighted by Gasteiger charge is 2.16. The third-order valence-electron chi connectivity index (χ3n) is 5.45. The molecule has 30 heavy (non-hydrogen) atoms. The highest BCUT2D eigenvalue weighted by molar-refractivity contribution is 7.99. The average Bonchev–Trinajstić information content (AvgIpc) is 3.20. The molecule has 1 amide bonds. The number of rotatable bonds is 6. The molecule has 5 nitrogen and oxygen atoms in total. The summed E-state index contributed by atoms with van der Waals surface area (Å²) in [5, 5.41) is 11.7. The number of fused-ring (bicyclic) bond motifs is 1. The maximum absolute atomic E-state index is 12.4.